The molecule has 5 rings (SSSR count). The Morgan fingerprint density at radius 3 is 2.74 bits per heavy atom. The summed E-state index contributed by atoms with van der Waals surface area (Å²) in [5, 5.41) is 7.77. The number of nitrogens with zero attached hydrogens (tertiary/aromatic N) is 3. The van der Waals surface area contributed by atoms with Gasteiger partial charge in [-0.05, 0) is 49.1 Å². The van der Waals surface area contributed by atoms with Gasteiger partial charge in [0.05, 0.1) is 23.6 Å². The van der Waals surface area contributed by atoms with Crippen LogP contribution < -0.4 is 15.0 Å². The van der Waals surface area contributed by atoms with Crippen LogP contribution in [0.2, 0.25) is 0 Å². The van der Waals surface area contributed by atoms with Crippen LogP contribution in [0.15, 0.2) is 54.6 Å². The number of aromatic nitrogens is 2. The highest BCUT2D eigenvalue weighted by molar-refractivity contribution is 5.98. The summed E-state index contributed by atoms with van der Waals surface area (Å²) >= 11 is 0. The molecule has 0 unspecified atom stereocenters. The highest BCUT2D eigenvalue weighted by atomic mass is 16.5. The Morgan fingerprint density at radius 1 is 1.06 bits per heavy atom. The lowest BCUT2D eigenvalue weighted by Gasteiger charge is -2.29. The van der Waals surface area contributed by atoms with E-state index in [1.54, 1.807) is 4.90 Å². The van der Waals surface area contributed by atoms with E-state index in [1.807, 2.05) is 59.3 Å². The Labute approximate surface area is 180 Å². The number of carbonyl (C=O) groups is 2. The molecule has 7 heteroatoms. The number of hydrogen-bond donors (Lipinski definition) is 1. The van der Waals surface area contributed by atoms with Crippen LogP contribution in [-0.4, -0.2) is 34.7 Å². The van der Waals surface area contributed by atoms with Gasteiger partial charge in [-0.25, -0.2) is 4.68 Å². The third kappa shape index (κ3) is 3.79. The van der Waals surface area contributed by atoms with Crippen LogP contribution in [0.25, 0.3) is 5.69 Å². The molecule has 3 aromatic rings. The van der Waals surface area contributed by atoms with Crippen LogP contribution in [0.3, 0.4) is 0 Å². The minimum atomic E-state index is -0.133. The molecule has 0 fully saturated rings. The first-order valence-corrected chi connectivity index (χ1v) is 10.6. The number of nitrogens with one attached hydrogen (secondary N) is 1. The minimum absolute atomic E-state index is 0.00168. The van der Waals surface area contributed by atoms with Crippen molar-refractivity contribution in [3.05, 3.63) is 71.5 Å². The largest absolute Gasteiger partial charge is 0.482 e. The molecular weight excluding hydrogens is 392 g/mol. The van der Waals surface area contributed by atoms with Crippen molar-refractivity contribution < 1.29 is 14.3 Å². The maximum Gasteiger partial charge on any atom is 0.265 e. The third-order valence-electron chi connectivity index (χ3n) is 5.84. The fourth-order valence-electron chi connectivity index (χ4n) is 4.32. The molecule has 0 saturated heterocycles. The molecule has 0 radical (unpaired) electrons. The van der Waals surface area contributed by atoms with Gasteiger partial charge < -0.3 is 15.0 Å². The lowest BCUT2D eigenvalue weighted by atomic mass is 10.2. The first kappa shape index (κ1) is 19.4. The maximum atomic E-state index is 12.5. The number of benzene rings is 2. The van der Waals surface area contributed by atoms with Crippen LogP contribution in [0.1, 0.15) is 29.8 Å². The van der Waals surface area contributed by atoms with Gasteiger partial charge in [0.1, 0.15) is 5.75 Å². The van der Waals surface area contributed by atoms with Gasteiger partial charge in [0, 0.05) is 18.7 Å². The van der Waals surface area contributed by atoms with Gasteiger partial charge >= 0.3 is 0 Å². The quantitative estimate of drug-likeness (QED) is 0.670. The zero-order valence-electron chi connectivity index (χ0n) is 17.2. The molecule has 31 heavy (non-hydrogen) atoms. The number of hydrogen-bond acceptors (Lipinski definition) is 4. The Hall–Kier alpha value is -3.61. The second-order valence-corrected chi connectivity index (χ2v) is 7.80. The summed E-state index contributed by atoms with van der Waals surface area (Å²) < 4.78 is 7.46. The second kappa shape index (κ2) is 8.26. The molecule has 0 bridgehead atoms. The summed E-state index contributed by atoms with van der Waals surface area (Å²) in [5.74, 6) is 0.438. The van der Waals surface area contributed by atoms with Crippen molar-refractivity contribution in [1.82, 2.24) is 15.1 Å². The van der Waals surface area contributed by atoms with E-state index in [0.717, 1.165) is 30.6 Å². The van der Waals surface area contributed by atoms with Crippen molar-refractivity contribution in [2.45, 2.75) is 32.2 Å². The summed E-state index contributed by atoms with van der Waals surface area (Å²) in [7, 11) is 0. The molecule has 2 aliphatic rings. The standard InChI is InChI=1S/C24H24N4O3/c29-23(13-14-27-21-10-4-5-12-22(21)31-16-24(27)30)25-15-19-18-9-6-11-20(18)28(26-19)17-7-2-1-3-8-17/h1-5,7-8,10,12H,6,9,11,13-16H2,(H,25,29). The Morgan fingerprint density at radius 2 is 1.87 bits per heavy atom. The Balaban J connectivity index is 1.24. The van der Waals surface area contributed by atoms with Gasteiger partial charge in [0.2, 0.25) is 5.91 Å². The van der Waals surface area contributed by atoms with Crippen molar-refractivity contribution in [3.8, 4) is 11.4 Å². The Kier molecular flexibility index (Phi) is 5.16. The van der Waals surface area contributed by atoms with Crippen molar-refractivity contribution in [2.24, 2.45) is 0 Å². The zero-order chi connectivity index (χ0) is 21.2. The lowest BCUT2D eigenvalue weighted by Crippen LogP contribution is -2.41. The lowest BCUT2D eigenvalue weighted by molar-refractivity contribution is -0.122. The molecule has 2 heterocycles. The summed E-state index contributed by atoms with van der Waals surface area (Å²) in [6.07, 6.45) is 3.33. The van der Waals surface area contributed by atoms with Gasteiger partial charge in [-0.15, -0.1) is 0 Å². The molecule has 1 aromatic heterocycles. The van der Waals surface area contributed by atoms with E-state index in [0.29, 0.717) is 24.5 Å². The fraction of sp³-hybridized carbons (Fsp3) is 0.292. The van der Waals surface area contributed by atoms with E-state index in [-0.39, 0.29) is 24.8 Å². The van der Waals surface area contributed by atoms with Crippen LogP contribution in [-0.2, 0) is 29.0 Å². The first-order chi connectivity index (χ1) is 15.2. The van der Waals surface area contributed by atoms with E-state index in [1.165, 1.54) is 11.3 Å². The van der Waals surface area contributed by atoms with Gasteiger partial charge in [-0.1, -0.05) is 30.3 Å². The SMILES string of the molecule is O=C(CCN1C(=O)COc2ccccc21)NCc1nn(-c2ccccc2)c2c1CCC2. The number of rotatable bonds is 6. The van der Waals surface area contributed by atoms with E-state index in [2.05, 4.69) is 5.32 Å². The molecule has 158 valence electrons. The first-order valence-electron chi connectivity index (χ1n) is 10.6. The highest BCUT2D eigenvalue weighted by Crippen LogP contribution is 2.31. The molecule has 1 aliphatic carbocycles. The van der Waals surface area contributed by atoms with E-state index < -0.39 is 0 Å². The summed E-state index contributed by atoms with van der Waals surface area (Å²) in [6, 6.07) is 17.5. The van der Waals surface area contributed by atoms with Crippen LogP contribution in [0, 0.1) is 0 Å². The van der Waals surface area contributed by atoms with E-state index >= 15 is 0 Å². The maximum absolute atomic E-state index is 12.5. The predicted molar refractivity (Wildman–Crippen MR) is 116 cm³/mol. The van der Waals surface area contributed by atoms with Gasteiger partial charge in [-0.2, -0.15) is 5.10 Å². The molecule has 0 saturated carbocycles. The highest BCUT2D eigenvalue weighted by Gasteiger charge is 2.26. The van der Waals surface area contributed by atoms with Crippen molar-refractivity contribution in [1.29, 1.82) is 0 Å². The zero-order valence-corrected chi connectivity index (χ0v) is 17.2. The number of amides is 2. The number of carbonyl (C=O) groups excluding carboxylic acids is 2. The summed E-state index contributed by atoms with van der Waals surface area (Å²) in [6.45, 7) is 0.720. The molecule has 7 nitrogen and oxygen atoms in total. The molecule has 1 aliphatic heterocycles. The van der Waals surface area contributed by atoms with Gasteiger partial charge in [0.25, 0.3) is 5.91 Å². The predicted octanol–water partition coefficient (Wildman–Crippen LogP) is 2.79. The normalized spacial score (nSPS) is 14.7. The molecule has 0 spiro atoms. The number of ether oxygens (including phenoxy) is 1. The third-order valence-corrected chi connectivity index (χ3v) is 5.84. The topological polar surface area (TPSA) is 76.5 Å². The average molecular weight is 416 g/mol. The monoisotopic (exact) mass is 416 g/mol. The van der Waals surface area contributed by atoms with Crippen LogP contribution >= 0.6 is 0 Å². The second-order valence-electron chi connectivity index (χ2n) is 7.80. The van der Waals surface area contributed by atoms with Gasteiger partial charge in [-0.3, -0.25) is 9.59 Å². The molecular formula is C24H24N4O3. The minimum Gasteiger partial charge on any atom is -0.482 e. The van der Waals surface area contributed by atoms with E-state index in [4.69, 9.17) is 9.84 Å². The van der Waals surface area contributed by atoms with Crippen molar-refractivity contribution in [3.63, 3.8) is 0 Å². The van der Waals surface area contributed by atoms with Crippen LogP contribution in [0.4, 0.5) is 5.69 Å². The van der Waals surface area contributed by atoms with Gasteiger partial charge in [0.15, 0.2) is 6.61 Å². The summed E-state index contributed by atoms with van der Waals surface area (Å²) in [4.78, 5) is 26.4. The number of fused-ring (bicyclic) bond motifs is 2. The molecule has 2 amide bonds. The molecule has 2 aromatic carbocycles. The smallest absolute Gasteiger partial charge is 0.265 e. The molecule has 1 N–H and O–H groups in total. The van der Waals surface area contributed by atoms with Crippen molar-refractivity contribution >= 4 is 17.5 Å². The average Bonchev–Trinajstić information content (AvgIpc) is 3.41. The number of anilines is 1. The fourth-order valence-corrected chi connectivity index (χ4v) is 4.32. The molecule has 0 atom stereocenters. The van der Waals surface area contributed by atoms with Crippen molar-refractivity contribution in [2.75, 3.05) is 18.1 Å². The number of para-hydroxylation sites is 3. The van der Waals surface area contributed by atoms with Crippen LogP contribution in [0.5, 0.6) is 5.75 Å². The Bertz CT molecular complexity index is 1120. The van der Waals surface area contributed by atoms with E-state index in [9.17, 15) is 9.59 Å². The summed E-state index contributed by atoms with van der Waals surface area (Å²) in [5.41, 5.74) is 5.18.